The zero-order valence-electron chi connectivity index (χ0n) is 12.1. The Morgan fingerprint density at radius 1 is 1.43 bits per heavy atom. The van der Waals surface area contributed by atoms with E-state index in [0.29, 0.717) is 24.9 Å². The molecule has 1 aromatic carbocycles. The summed E-state index contributed by atoms with van der Waals surface area (Å²) in [5, 5.41) is 9.43. The molecule has 1 N–H and O–H groups in total. The third kappa shape index (κ3) is 3.40. The summed E-state index contributed by atoms with van der Waals surface area (Å²) < 4.78 is 13.1. The van der Waals surface area contributed by atoms with Crippen LogP contribution in [0.4, 0.5) is 4.39 Å². The number of nitrogens with zero attached hydrogens (tertiary/aromatic N) is 1. The van der Waals surface area contributed by atoms with E-state index in [0.717, 1.165) is 6.42 Å². The number of carbonyl (C=O) groups is 2. The van der Waals surface area contributed by atoms with Gasteiger partial charge >= 0.3 is 5.97 Å². The molecule has 1 saturated heterocycles. The molecular formula is C16H20FNO3. The molecule has 1 aliphatic rings. The number of carboxylic acids is 1. The normalized spacial score (nSPS) is 21.5. The number of halogens is 1. The monoisotopic (exact) mass is 293 g/mol. The minimum Gasteiger partial charge on any atom is -0.481 e. The van der Waals surface area contributed by atoms with Crippen LogP contribution in [0.25, 0.3) is 0 Å². The number of carboxylic acid groups (broad SMARTS) is 1. The van der Waals surface area contributed by atoms with Crippen molar-refractivity contribution in [3.05, 3.63) is 35.6 Å². The van der Waals surface area contributed by atoms with E-state index < -0.39 is 11.4 Å². The van der Waals surface area contributed by atoms with Crippen molar-refractivity contribution >= 4 is 11.9 Å². The topological polar surface area (TPSA) is 57.6 Å². The minimum absolute atomic E-state index is 0.111. The molecule has 0 radical (unpaired) electrons. The molecule has 0 bridgehead atoms. The molecule has 4 nitrogen and oxygen atoms in total. The summed E-state index contributed by atoms with van der Waals surface area (Å²) >= 11 is 0. The molecule has 1 unspecified atom stereocenters. The summed E-state index contributed by atoms with van der Waals surface area (Å²) in [6.07, 6.45) is 1.95. The van der Waals surface area contributed by atoms with Crippen LogP contribution in [-0.4, -0.2) is 35.0 Å². The van der Waals surface area contributed by atoms with E-state index in [1.807, 2.05) is 6.92 Å². The summed E-state index contributed by atoms with van der Waals surface area (Å²) in [5.41, 5.74) is -0.199. The lowest BCUT2D eigenvalue weighted by Crippen LogP contribution is -2.37. The van der Waals surface area contributed by atoms with E-state index in [9.17, 15) is 19.1 Å². The highest BCUT2D eigenvalue weighted by Crippen LogP contribution is 2.35. The Morgan fingerprint density at radius 3 is 2.81 bits per heavy atom. The molecular weight excluding hydrogens is 273 g/mol. The van der Waals surface area contributed by atoms with Gasteiger partial charge in [0, 0.05) is 13.1 Å². The minimum atomic E-state index is -0.828. The van der Waals surface area contributed by atoms with Crippen LogP contribution in [0.15, 0.2) is 24.3 Å². The molecule has 0 spiro atoms. The van der Waals surface area contributed by atoms with Crippen molar-refractivity contribution in [2.45, 2.75) is 32.6 Å². The Bertz CT molecular complexity index is 546. The van der Waals surface area contributed by atoms with E-state index in [1.54, 1.807) is 17.0 Å². The van der Waals surface area contributed by atoms with Crippen molar-refractivity contribution < 1.29 is 19.1 Å². The van der Waals surface area contributed by atoms with E-state index in [4.69, 9.17) is 0 Å². The number of hydrogen-bond donors (Lipinski definition) is 1. The van der Waals surface area contributed by atoms with Gasteiger partial charge in [0.05, 0.1) is 11.8 Å². The SMILES string of the molecule is CCCC1(C(=O)O)CCN(C(=O)Cc2cccc(F)c2)C1. The van der Waals surface area contributed by atoms with E-state index in [1.165, 1.54) is 12.1 Å². The maximum atomic E-state index is 13.1. The highest BCUT2D eigenvalue weighted by Gasteiger charge is 2.45. The van der Waals surface area contributed by atoms with Crippen molar-refractivity contribution in [3.63, 3.8) is 0 Å². The van der Waals surface area contributed by atoms with Crippen molar-refractivity contribution in [2.75, 3.05) is 13.1 Å². The smallest absolute Gasteiger partial charge is 0.311 e. The highest BCUT2D eigenvalue weighted by atomic mass is 19.1. The van der Waals surface area contributed by atoms with Gasteiger partial charge in [-0.05, 0) is 30.5 Å². The Morgan fingerprint density at radius 2 is 2.19 bits per heavy atom. The van der Waals surface area contributed by atoms with Gasteiger partial charge < -0.3 is 10.0 Å². The molecule has 1 amide bonds. The van der Waals surface area contributed by atoms with E-state index >= 15 is 0 Å². The number of carbonyl (C=O) groups excluding carboxylic acids is 1. The molecule has 1 atom stereocenters. The number of rotatable bonds is 5. The summed E-state index contributed by atoms with van der Waals surface area (Å²) in [6, 6.07) is 5.94. The second-order valence-electron chi connectivity index (χ2n) is 5.71. The first-order chi connectivity index (χ1) is 9.97. The van der Waals surface area contributed by atoms with Gasteiger partial charge in [-0.25, -0.2) is 4.39 Å². The molecule has 5 heteroatoms. The Hall–Kier alpha value is -1.91. The van der Waals surface area contributed by atoms with E-state index in [2.05, 4.69) is 0 Å². The molecule has 2 rings (SSSR count). The first-order valence-electron chi connectivity index (χ1n) is 7.22. The van der Waals surface area contributed by atoms with Gasteiger partial charge in [-0.3, -0.25) is 9.59 Å². The third-order valence-corrected chi connectivity index (χ3v) is 4.13. The van der Waals surface area contributed by atoms with Crippen LogP contribution in [-0.2, 0) is 16.0 Å². The first kappa shape index (κ1) is 15.5. The number of hydrogen-bond acceptors (Lipinski definition) is 2. The number of benzene rings is 1. The molecule has 0 saturated carbocycles. The standard InChI is InChI=1S/C16H20FNO3/c1-2-6-16(15(20)21)7-8-18(11-16)14(19)10-12-4-3-5-13(17)9-12/h3-5,9H,2,6-8,10-11H2,1H3,(H,20,21). The van der Waals surface area contributed by atoms with Crippen LogP contribution in [0.2, 0.25) is 0 Å². The van der Waals surface area contributed by atoms with Crippen molar-refractivity contribution in [1.82, 2.24) is 4.90 Å². The Labute approximate surface area is 123 Å². The van der Waals surface area contributed by atoms with Gasteiger partial charge in [-0.15, -0.1) is 0 Å². The quantitative estimate of drug-likeness (QED) is 0.907. The maximum absolute atomic E-state index is 13.1. The highest BCUT2D eigenvalue weighted by molar-refractivity contribution is 5.82. The predicted molar refractivity (Wildman–Crippen MR) is 76.3 cm³/mol. The van der Waals surface area contributed by atoms with Gasteiger partial charge in [-0.1, -0.05) is 25.5 Å². The maximum Gasteiger partial charge on any atom is 0.311 e. The number of amides is 1. The van der Waals surface area contributed by atoms with Crippen LogP contribution in [0.5, 0.6) is 0 Å². The molecule has 1 heterocycles. The summed E-state index contributed by atoms with van der Waals surface area (Å²) in [4.78, 5) is 25.3. The van der Waals surface area contributed by atoms with Crippen LogP contribution in [0, 0.1) is 11.2 Å². The fourth-order valence-electron chi connectivity index (χ4n) is 2.98. The lowest BCUT2D eigenvalue weighted by Gasteiger charge is -2.24. The molecule has 0 aromatic heterocycles. The third-order valence-electron chi connectivity index (χ3n) is 4.13. The van der Waals surface area contributed by atoms with Gasteiger partial charge in [0.25, 0.3) is 0 Å². The predicted octanol–water partition coefficient (Wildman–Crippen LogP) is 2.47. The molecule has 21 heavy (non-hydrogen) atoms. The van der Waals surface area contributed by atoms with Crippen molar-refractivity contribution in [2.24, 2.45) is 5.41 Å². The molecule has 1 aromatic rings. The fourth-order valence-corrected chi connectivity index (χ4v) is 2.98. The largest absolute Gasteiger partial charge is 0.481 e. The molecule has 1 aliphatic heterocycles. The molecule has 0 aliphatic carbocycles. The van der Waals surface area contributed by atoms with Gasteiger partial charge in [0.2, 0.25) is 5.91 Å². The second kappa shape index (κ2) is 6.24. The molecule has 114 valence electrons. The average molecular weight is 293 g/mol. The van der Waals surface area contributed by atoms with Crippen LogP contribution < -0.4 is 0 Å². The lowest BCUT2D eigenvalue weighted by atomic mass is 9.83. The first-order valence-corrected chi connectivity index (χ1v) is 7.22. The average Bonchev–Trinajstić information content (AvgIpc) is 2.85. The van der Waals surface area contributed by atoms with Crippen molar-refractivity contribution in [3.8, 4) is 0 Å². The Balaban J connectivity index is 2.03. The van der Waals surface area contributed by atoms with Gasteiger partial charge in [0.15, 0.2) is 0 Å². The summed E-state index contributed by atoms with van der Waals surface area (Å²) in [6.45, 7) is 2.66. The number of likely N-dealkylation sites (tertiary alicyclic amines) is 1. The number of aliphatic carboxylic acids is 1. The van der Waals surface area contributed by atoms with Crippen LogP contribution >= 0.6 is 0 Å². The van der Waals surface area contributed by atoms with Crippen molar-refractivity contribution in [1.29, 1.82) is 0 Å². The van der Waals surface area contributed by atoms with E-state index in [-0.39, 0.29) is 24.7 Å². The summed E-state index contributed by atoms with van der Waals surface area (Å²) in [7, 11) is 0. The molecule has 1 fully saturated rings. The lowest BCUT2D eigenvalue weighted by molar-refractivity contribution is -0.149. The van der Waals surface area contributed by atoms with Crippen LogP contribution in [0.3, 0.4) is 0 Å². The van der Waals surface area contributed by atoms with Crippen LogP contribution in [0.1, 0.15) is 31.7 Å². The zero-order chi connectivity index (χ0) is 15.5. The fraction of sp³-hybridized carbons (Fsp3) is 0.500. The van der Waals surface area contributed by atoms with Gasteiger partial charge in [0.1, 0.15) is 5.82 Å². The Kier molecular flexibility index (Phi) is 4.60. The zero-order valence-corrected chi connectivity index (χ0v) is 12.1. The second-order valence-corrected chi connectivity index (χ2v) is 5.71. The van der Waals surface area contributed by atoms with Gasteiger partial charge in [-0.2, -0.15) is 0 Å². The summed E-state index contributed by atoms with van der Waals surface area (Å²) in [5.74, 6) is -1.34.